The number of carbonyl (C=O) groups excluding carboxylic acids is 2. The van der Waals surface area contributed by atoms with Gasteiger partial charge >= 0.3 is 5.97 Å². The van der Waals surface area contributed by atoms with Crippen molar-refractivity contribution in [3.8, 4) is 0 Å². The smallest absolute Gasteiger partial charge is 0.326 e. The second-order valence-corrected chi connectivity index (χ2v) is 11.3. The quantitative estimate of drug-likeness (QED) is 0.367. The number of aryl methyl sites for hydroxylation is 1. The predicted octanol–water partition coefficient (Wildman–Crippen LogP) is 4.41. The number of amides is 1. The number of β-lactam (4-membered cyclic amide) rings is 1. The number of carbonyl (C=O) groups is 2. The molecule has 0 saturated carbocycles. The molecule has 184 valence electrons. The Labute approximate surface area is 219 Å². The van der Waals surface area contributed by atoms with Crippen molar-refractivity contribution in [2.24, 2.45) is 5.73 Å². The molecule has 3 aromatic rings. The summed E-state index contributed by atoms with van der Waals surface area (Å²) in [5.41, 5.74) is 9.66. The molecule has 2 aliphatic heterocycles. The average molecular weight is 518 g/mol. The number of pyridine rings is 1. The number of nitrogens with zero attached hydrogens (tertiary/aromatic N) is 2. The van der Waals surface area contributed by atoms with Crippen LogP contribution in [-0.2, 0) is 14.3 Å². The standard InChI is InChI=1S/C28H27N3O3S2/c1-19-12-13-20(16-30-19)14-15-36-28(17-31-25(32)23(29)26(31)35-18-28)27(33)34-24(21-8-4-2-5-9-21)22-10-6-3-7-11-22/h2-16,23-24,26H,17-18,29H2,1H3/t23?,26-,28?/m1/s1. The number of hydrogen-bond acceptors (Lipinski definition) is 7. The third-order valence-corrected chi connectivity index (χ3v) is 9.28. The van der Waals surface area contributed by atoms with Gasteiger partial charge in [-0.25, -0.2) is 0 Å². The molecule has 0 radical (unpaired) electrons. The van der Waals surface area contributed by atoms with Gasteiger partial charge in [-0.05, 0) is 41.2 Å². The second kappa shape index (κ2) is 10.5. The Morgan fingerprint density at radius 1 is 1.14 bits per heavy atom. The summed E-state index contributed by atoms with van der Waals surface area (Å²) in [7, 11) is 0. The van der Waals surface area contributed by atoms with Gasteiger partial charge in [-0.3, -0.25) is 14.6 Å². The highest BCUT2D eigenvalue weighted by Crippen LogP contribution is 2.45. The van der Waals surface area contributed by atoms with Crippen LogP contribution in [0.1, 0.15) is 28.5 Å². The molecule has 8 heteroatoms. The zero-order chi connectivity index (χ0) is 25.1. The van der Waals surface area contributed by atoms with Gasteiger partial charge in [0.15, 0.2) is 6.10 Å². The molecule has 0 bridgehead atoms. The van der Waals surface area contributed by atoms with E-state index < -0.39 is 16.9 Å². The first-order valence-electron chi connectivity index (χ1n) is 11.7. The van der Waals surface area contributed by atoms with Crippen molar-refractivity contribution < 1.29 is 14.3 Å². The molecule has 3 atom stereocenters. The number of hydrogen-bond donors (Lipinski definition) is 1. The van der Waals surface area contributed by atoms with Gasteiger partial charge in [0.2, 0.25) is 5.91 Å². The van der Waals surface area contributed by atoms with Gasteiger partial charge in [0.25, 0.3) is 0 Å². The molecule has 36 heavy (non-hydrogen) atoms. The first-order chi connectivity index (χ1) is 17.5. The minimum atomic E-state index is -0.965. The molecule has 0 aliphatic carbocycles. The highest BCUT2D eigenvalue weighted by Gasteiger charge is 2.56. The zero-order valence-electron chi connectivity index (χ0n) is 19.8. The molecule has 2 fully saturated rings. The summed E-state index contributed by atoms with van der Waals surface area (Å²) in [6.45, 7) is 2.20. The normalized spacial score (nSPS) is 23.4. The topological polar surface area (TPSA) is 85.5 Å². The van der Waals surface area contributed by atoms with Gasteiger partial charge < -0.3 is 15.4 Å². The van der Waals surface area contributed by atoms with Crippen LogP contribution in [0, 0.1) is 6.92 Å². The third kappa shape index (κ3) is 4.93. The lowest BCUT2D eigenvalue weighted by Gasteiger charge is -2.52. The first-order valence-corrected chi connectivity index (χ1v) is 13.7. The maximum atomic E-state index is 14.0. The summed E-state index contributed by atoms with van der Waals surface area (Å²) in [6.07, 6.45) is 3.17. The molecular weight excluding hydrogens is 490 g/mol. The van der Waals surface area contributed by atoms with Crippen LogP contribution >= 0.6 is 23.5 Å². The van der Waals surface area contributed by atoms with E-state index in [4.69, 9.17) is 10.5 Å². The van der Waals surface area contributed by atoms with Crippen molar-refractivity contribution in [1.29, 1.82) is 0 Å². The Hall–Kier alpha value is -3.07. The molecule has 2 N–H and O–H groups in total. The Balaban J connectivity index is 1.43. The summed E-state index contributed by atoms with van der Waals surface area (Å²) >= 11 is 2.93. The second-order valence-electron chi connectivity index (χ2n) is 8.95. The van der Waals surface area contributed by atoms with Gasteiger partial charge in [-0.2, -0.15) is 0 Å². The van der Waals surface area contributed by atoms with Crippen LogP contribution in [0.4, 0.5) is 0 Å². The molecule has 2 aromatic carbocycles. The highest BCUT2D eigenvalue weighted by atomic mass is 32.2. The van der Waals surface area contributed by atoms with E-state index in [0.717, 1.165) is 22.4 Å². The fourth-order valence-corrected chi connectivity index (χ4v) is 6.97. The highest BCUT2D eigenvalue weighted by molar-refractivity contribution is 8.06. The average Bonchev–Trinajstić information content (AvgIpc) is 2.93. The number of ether oxygens (including phenoxy) is 1. The lowest BCUT2D eigenvalue weighted by Crippen LogP contribution is -2.73. The Bertz CT molecular complexity index is 1210. The first kappa shape index (κ1) is 24.6. The van der Waals surface area contributed by atoms with Crippen LogP contribution < -0.4 is 5.73 Å². The molecule has 2 aliphatic rings. The fraction of sp³-hybridized carbons (Fsp3) is 0.250. The molecular formula is C28H27N3O3S2. The summed E-state index contributed by atoms with van der Waals surface area (Å²) in [6, 6.07) is 22.9. The lowest BCUT2D eigenvalue weighted by atomic mass is 10.00. The van der Waals surface area contributed by atoms with E-state index in [9.17, 15) is 9.59 Å². The van der Waals surface area contributed by atoms with Crippen LogP contribution in [0.3, 0.4) is 0 Å². The van der Waals surface area contributed by atoms with Crippen molar-refractivity contribution in [2.75, 3.05) is 12.3 Å². The Kier molecular flexibility index (Phi) is 7.18. The Morgan fingerprint density at radius 3 is 2.42 bits per heavy atom. The minimum absolute atomic E-state index is 0.0941. The largest absolute Gasteiger partial charge is 0.451 e. The Morgan fingerprint density at radius 2 is 1.81 bits per heavy atom. The van der Waals surface area contributed by atoms with Crippen molar-refractivity contribution in [1.82, 2.24) is 9.88 Å². The summed E-state index contributed by atoms with van der Waals surface area (Å²) < 4.78 is 5.30. The number of rotatable bonds is 7. The zero-order valence-corrected chi connectivity index (χ0v) is 21.5. The van der Waals surface area contributed by atoms with E-state index >= 15 is 0 Å². The molecule has 3 heterocycles. The van der Waals surface area contributed by atoms with E-state index in [-0.39, 0.29) is 23.8 Å². The van der Waals surface area contributed by atoms with Crippen LogP contribution in [0.5, 0.6) is 0 Å². The van der Waals surface area contributed by atoms with E-state index in [1.165, 1.54) is 23.5 Å². The number of benzene rings is 2. The van der Waals surface area contributed by atoms with E-state index in [1.54, 1.807) is 11.1 Å². The molecule has 5 rings (SSSR count). The molecule has 1 aromatic heterocycles. The molecule has 2 unspecified atom stereocenters. The van der Waals surface area contributed by atoms with Crippen LogP contribution in [-0.4, -0.2) is 50.2 Å². The van der Waals surface area contributed by atoms with Gasteiger partial charge in [-0.15, -0.1) is 23.5 Å². The molecule has 1 amide bonds. The lowest BCUT2D eigenvalue weighted by molar-refractivity contribution is -0.154. The SMILES string of the molecule is Cc1ccc(C=CSC2(C(=O)OC(c3ccccc3)c3ccccc3)CS[C@@H]3C(N)C(=O)N3C2)cn1. The van der Waals surface area contributed by atoms with Crippen molar-refractivity contribution in [3.63, 3.8) is 0 Å². The maximum absolute atomic E-state index is 14.0. The van der Waals surface area contributed by atoms with Gasteiger partial charge in [0.05, 0.1) is 0 Å². The minimum Gasteiger partial charge on any atom is -0.451 e. The maximum Gasteiger partial charge on any atom is 0.326 e. The molecule has 2 saturated heterocycles. The van der Waals surface area contributed by atoms with E-state index in [2.05, 4.69) is 4.98 Å². The summed E-state index contributed by atoms with van der Waals surface area (Å²) in [5.74, 6) is 0.0151. The van der Waals surface area contributed by atoms with Crippen LogP contribution in [0.15, 0.2) is 84.4 Å². The summed E-state index contributed by atoms with van der Waals surface area (Å²) in [5, 5.41) is 1.81. The third-order valence-electron chi connectivity index (χ3n) is 6.39. The van der Waals surface area contributed by atoms with E-state index in [0.29, 0.717) is 5.75 Å². The van der Waals surface area contributed by atoms with Gasteiger partial charge in [0, 0.05) is 24.2 Å². The monoisotopic (exact) mass is 517 g/mol. The molecule has 0 spiro atoms. The van der Waals surface area contributed by atoms with Crippen LogP contribution in [0.25, 0.3) is 6.08 Å². The van der Waals surface area contributed by atoms with Crippen molar-refractivity contribution in [3.05, 3.63) is 107 Å². The van der Waals surface area contributed by atoms with Gasteiger partial charge in [-0.1, -0.05) is 66.7 Å². The predicted molar refractivity (Wildman–Crippen MR) is 145 cm³/mol. The van der Waals surface area contributed by atoms with Gasteiger partial charge in [0.1, 0.15) is 16.2 Å². The number of aromatic nitrogens is 1. The van der Waals surface area contributed by atoms with Crippen LogP contribution in [0.2, 0.25) is 0 Å². The summed E-state index contributed by atoms with van der Waals surface area (Å²) in [4.78, 5) is 32.5. The number of nitrogens with two attached hydrogens (primary N) is 1. The number of esters is 1. The number of fused-ring (bicyclic) bond motifs is 1. The van der Waals surface area contributed by atoms with Crippen molar-refractivity contribution in [2.45, 2.75) is 29.2 Å². The fourth-order valence-electron chi connectivity index (χ4n) is 4.32. The molecule has 6 nitrogen and oxygen atoms in total. The van der Waals surface area contributed by atoms with Crippen molar-refractivity contribution >= 4 is 41.5 Å². The van der Waals surface area contributed by atoms with E-state index in [1.807, 2.05) is 91.2 Å². The number of thioether (sulfide) groups is 2.